The number of aromatic hydroxyl groups is 1. The molecule has 0 fully saturated rings. The standard InChI is InChI=1S/C21H13F2NO6S/c1-29-18-12(22)6-5-10(16(18)23)11-8-31-20(15(11)21(27)28)24-19(26)14-7-9-3-2-4-13(25)17(9)30-14/h2-8,25H,1H3,(H,24,26)(H,27,28). The molecule has 10 heteroatoms. The van der Waals surface area contributed by atoms with E-state index in [-0.39, 0.29) is 38.8 Å². The van der Waals surface area contributed by atoms with E-state index in [0.717, 1.165) is 30.6 Å². The van der Waals surface area contributed by atoms with E-state index in [1.54, 1.807) is 12.1 Å². The van der Waals surface area contributed by atoms with Gasteiger partial charge in [0.15, 0.2) is 34.5 Å². The summed E-state index contributed by atoms with van der Waals surface area (Å²) in [6, 6.07) is 8.05. The van der Waals surface area contributed by atoms with Gasteiger partial charge in [0.05, 0.1) is 7.11 Å². The number of methoxy groups -OCH3 is 1. The molecule has 31 heavy (non-hydrogen) atoms. The number of thiophene rings is 1. The van der Waals surface area contributed by atoms with Gasteiger partial charge in [-0.3, -0.25) is 4.79 Å². The Labute approximate surface area is 177 Å². The fraction of sp³-hybridized carbons (Fsp3) is 0.0476. The molecule has 0 atom stereocenters. The molecule has 0 aliphatic heterocycles. The zero-order valence-electron chi connectivity index (χ0n) is 15.7. The Morgan fingerprint density at radius 3 is 2.61 bits per heavy atom. The molecule has 7 nitrogen and oxygen atoms in total. The molecule has 0 unspecified atom stereocenters. The summed E-state index contributed by atoms with van der Waals surface area (Å²) in [7, 11) is 1.09. The second kappa shape index (κ2) is 7.73. The Balaban J connectivity index is 1.73. The number of carbonyl (C=O) groups excluding carboxylic acids is 1. The van der Waals surface area contributed by atoms with Crippen LogP contribution in [0.4, 0.5) is 13.8 Å². The Hall–Kier alpha value is -3.92. The monoisotopic (exact) mass is 445 g/mol. The summed E-state index contributed by atoms with van der Waals surface area (Å²) in [5.74, 6) is -5.13. The van der Waals surface area contributed by atoms with Gasteiger partial charge in [-0.15, -0.1) is 11.3 Å². The third-order valence-electron chi connectivity index (χ3n) is 4.52. The lowest BCUT2D eigenvalue weighted by Gasteiger charge is -2.09. The number of aromatic carboxylic acids is 1. The van der Waals surface area contributed by atoms with Crippen LogP contribution in [-0.4, -0.2) is 29.2 Å². The van der Waals surface area contributed by atoms with Crippen LogP contribution < -0.4 is 10.1 Å². The minimum atomic E-state index is -1.42. The van der Waals surface area contributed by atoms with Gasteiger partial charge in [0.2, 0.25) is 0 Å². The number of hydrogen-bond donors (Lipinski definition) is 3. The molecule has 0 radical (unpaired) electrons. The Bertz CT molecular complexity index is 1340. The van der Waals surface area contributed by atoms with Crippen molar-refractivity contribution < 1.29 is 37.7 Å². The Morgan fingerprint density at radius 2 is 1.94 bits per heavy atom. The maximum atomic E-state index is 14.7. The number of carboxylic acids is 1. The van der Waals surface area contributed by atoms with Crippen molar-refractivity contribution >= 4 is 39.2 Å². The molecule has 0 saturated carbocycles. The van der Waals surface area contributed by atoms with Crippen LogP contribution in [0.1, 0.15) is 20.9 Å². The molecule has 158 valence electrons. The summed E-state index contributed by atoms with van der Waals surface area (Å²) in [5, 5.41) is 23.7. The van der Waals surface area contributed by atoms with E-state index < -0.39 is 29.3 Å². The second-order valence-electron chi connectivity index (χ2n) is 6.36. The molecule has 1 amide bonds. The third kappa shape index (κ3) is 3.46. The van der Waals surface area contributed by atoms with E-state index in [2.05, 4.69) is 5.32 Å². The first-order valence-corrected chi connectivity index (χ1v) is 9.59. The van der Waals surface area contributed by atoms with Gasteiger partial charge in [0.1, 0.15) is 10.6 Å². The van der Waals surface area contributed by atoms with Crippen molar-refractivity contribution in [1.82, 2.24) is 0 Å². The van der Waals surface area contributed by atoms with Crippen molar-refractivity contribution in [2.24, 2.45) is 0 Å². The van der Waals surface area contributed by atoms with Gasteiger partial charge in [-0.05, 0) is 24.3 Å². The average Bonchev–Trinajstić information content (AvgIpc) is 3.34. The van der Waals surface area contributed by atoms with E-state index in [0.29, 0.717) is 5.39 Å². The number of halogens is 2. The molecule has 2 heterocycles. The number of benzene rings is 2. The van der Waals surface area contributed by atoms with E-state index >= 15 is 0 Å². The highest BCUT2D eigenvalue weighted by molar-refractivity contribution is 7.15. The first-order chi connectivity index (χ1) is 14.8. The van der Waals surface area contributed by atoms with E-state index in [1.165, 1.54) is 17.5 Å². The van der Waals surface area contributed by atoms with E-state index in [1.807, 2.05) is 0 Å². The molecule has 0 bridgehead atoms. The van der Waals surface area contributed by atoms with Gasteiger partial charge in [-0.1, -0.05) is 12.1 Å². The Morgan fingerprint density at radius 1 is 1.16 bits per heavy atom. The molecule has 0 aliphatic rings. The molecule has 3 N–H and O–H groups in total. The highest BCUT2D eigenvalue weighted by atomic mass is 32.1. The van der Waals surface area contributed by atoms with Gasteiger partial charge >= 0.3 is 5.97 Å². The van der Waals surface area contributed by atoms with Gasteiger partial charge in [-0.2, -0.15) is 0 Å². The number of para-hydroxylation sites is 1. The second-order valence-corrected chi connectivity index (χ2v) is 7.24. The number of carbonyl (C=O) groups is 2. The van der Waals surface area contributed by atoms with Crippen molar-refractivity contribution in [1.29, 1.82) is 0 Å². The molecule has 0 aliphatic carbocycles. The van der Waals surface area contributed by atoms with Crippen LogP contribution >= 0.6 is 11.3 Å². The zero-order chi connectivity index (χ0) is 22.3. The fourth-order valence-electron chi connectivity index (χ4n) is 3.11. The highest BCUT2D eigenvalue weighted by Gasteiger charge is 2.26. The van der Waals surface area contributed by atoms with Gasteiger partial charge < -0.3 is 24.7 Å². The minimum absolute atomic E-state index is 0.0501. The van der Waals surface area contributed by atoms with Crippen LogP contribution in [-0.2, 0) is 0 Å². The highest BCUT2D eigenvalue weighted by Crippen LogP contribution is 2.40. The molecular weight excluding hydrogens is 432 g/mol. The largest absolute Gasteiger partial charge is 0.504 e. The number of phenols is 1. The number of anilines is 1. The maximum Gasteiger partial charge on any atom is 0.339 e. The van der Waals surface area contributed by atoms with Crippen molar-refractivity contribution in [3.05, 3.63) is 64.7 Å². The van der Waals surface area contributed by atoms with Crippen LogP contribution in [0.15, 0.2) is 46.2 Å². The predicted octanol–water partition coefficient (Wildman–Crippen LogP) is 5.10. The molecule has 0 spiro atoms. The topological polar surface area (TPSA) is 109 Å². The van der Waals surface area contributed by atoms with Crippen LogP contribution in [0, 0.1) is 11.6 Å². The zero-order valence-corrected chi connectivity index (χ0v) is 16.5. The van der Waals surface area contributed by atoms with Gasteiger partial charge in [-0.25, -0.2) is 13.6 Å². The molecule has 2 aromatic carbocycles. The number of carboxylic acid groups (broad SMARTS) is 1. The van der Waals surface area contributed by atoms with Crippen molar-refractivity contribution in [3.63, 3.8) is 0 Å². The summed E-state index contributed by atoms with van der Waals surface area (Å²) >= 11 is 0.854. The first kappa shape index (κ1) is 20.4. The number of amides is 1. The quantitative estimate of drug-likeness (QED) is 0.394. The average molecular weight is 445 g/mol. The number of ether oxygens (including phenoxy) is 1. The predicted molar refractivity (Wildman–Crippen MR) is 109 cm³/mol. The summed E-state index contributed by atoms with van der Waals surface area (Å²) in [6.45, 7) is 0. The van der Waals surface area contributed by atoms with Crippen LogP contribution in [0.3, 0.4) is 0 Å². The number of fused-ring (bicyclic) bond motifs is 1. The maximum absolute atomic E-state index is 14.7. The summed E-state index contributed by atoms with van der Waals surface area (Å²) in [5.41, 5.74) is -0.504. The summed E-state index contributed by atoms with van der Waals surface area (Å²) in [4.78, 5) is 24.5. The van der Waals surface area contributed by atoms with Crippen LogP contribution in [0.2, 0.25) is 0 Å². The van der Waals surface area contributed by atoms with Crippen LogP contribution in [0.5, 0.6) is 11.5 Å². The fourth-order valence-corrected chi connectivity index (χ4v) is 4.06. The normalized spacial score (nSPS) is 10.9. The minimum Gasteiger partial charge on any atom is -0.504 e. The smallest absolute Gasteiger partial charge is 0.339 e. The summed E-state index contributed by atoms with van der Waals surface area (Å²) in [6.07, 6.45) is 0. The number of furan rings is 1. The van der Waals surface area contributed by atoms with E-state index in [9.17, 15) is 28.6 Å². The van der Waals surface area contributed by atoms with Gasteiger partial charge in [0, 0.05) is 21.9 Å². The third-order valence-corrected chi connectivity index (χ3v) is 5.42. The first-order valence-electron chi connectivity index (χ1n) is 8.71. The molecule has 4 rings (SSSR count). The molecular formula is C21H13F2NO6S. The summed E-state index contributed by atoms with van der Waals surface area (Å²) < 4.78 is 38.5. The SMILES string of the molecule is COc1c(F)ccc(-c2csc(NC(=O)c3cc4cccc(O)c4o3)c2C(=O)O)c1F. The lowest BCUT2D eigenvalue weighted by atomic mass is 10.0. The number of hydrogen-bond acceptors (Lipinski definition) is 6. The van der Waals surface area contributed by atoms with Crippen LogP contribution in [0.25, 0.3) is 22.1 Å². The number of phenolic OH excluding ortho intramolecular Hbond substituents is 1. The van der Waals surface area contributed by atoms with Crippen molar-refractivity contribution in [2.75, 3.05) is 12.4 Å². The number of nitrogens with one attached hydrogen (secondary N) is 1. The Kier molecular flexibility index (Phi) is 5.07. The van der Waals surface area contributed by atoms with Crippen molar-refractivity contribution in [3.8, 4) is 22.6 Å². The van der Waals surface area contributed by atoms with Gasteiger partial charge in [0.25, 0.3) is 5.91 Å². The van der Waals surface area contributed by atoms with Crippen molar-refractivity contribution in [2.45, 2.75) is 0 Å². The molecule has 4 aromatic rings. The molecule has 2 aromatic heterocycles. The lowest BCUT2D eigenvalue weighted by Crippen LogP contribution is -2.12. The number of rotatable bonds is 5. The van der Waals surface area contributed by atoms with E-state index in [4.69, 9.17) is 9.15 Å². The molecule has 0 saturated heterocycles. The lowest BCUT2D eigenvalue weighted by molar-refractivity contribution is 0.0699.